The van der Waals surface area contributed by atoms with E-state index in [1.807, 2.05) is 6.92 Å². The molecule has 1 amide bonds. The second-order valence-electron chi connectivity index (χ2n) is 4.67. The number of amides is 1. The van der Waals surface area contributed by atoms with E-state index in [2.05, 4.69) is 5.32 Å². The molecule has 0 fully saturated rings. The number of carbonyl (C=O) groups excluding carboxylic acids is 1. The molecule has 0 atom stereocenters. The van der Waals surface area contributed by atoms with Crippen LogP contribution in [-0.2, 0) is 0 Å². The van der Waals surface area contributed by atoms with Crippen molar-refractivity contribution in [2.45, 2.75) is 6.92 Å². The lowest BCUT2D eigenvalue weighted by atomic mass is 10.1. The third-order valence-electron chi connectivity index (χ3n) is 3.13. The molecule has 2 rings (SSSR count). The number of benzene rings is 2. The van der Waals surface area contributed by atoms with Gasteiger partial charge in [0.05, 0.1) is 24.3 Å². The summed E-state index contributed by atoms with van der Waals surface area (Å²) in [6.45, 7) is 2.23. The highest BCUT2D eigenvalue weighted by Gasteiger charge is 2.19. The summed E-state index contributed by atoms with van der Waals surface area (Å²) in [6, 6.07) is 8.78. The fraction of sp³-hybridized carbons (Fsp3) is 0.188. The van der Waals surface area contributed by atoms with Crippen molar-refractivity contribution < 1.29 is 19.2 Å². The zero-order valence-electron chi connectivity index (χ0n) is 13.0. The summed E-state index contributed by atoms with van der Waals surface area (Å²) in [7, 11) is 1.32. The van der Waals surface area contributed by atoms with Gasteiger partial charge in [-0.2, -0.15) is 0 Å². The van der Waals surface area contributed by atoms with Gasteiger partial charge in [0, 0.05) is 16.7 Å². The van der Waals surface area contributed by atoms with Crippen LogP contribution in [-0.4, -0.2) is 24.5 Å². The van der Waals surface area contributed by atoms with Crippen molar-refractivity contribution in [2.24, 2.45) is 0 Å². The van der Waals surface area contributed by atoms with E-state index in [0.717, 1.165) is 6.07 Å². The molecule has 0 aliphatic rings. The minimum atomic E-state index is -0.610. The molecular weight excluding hydrogens is 336 g/mol. The molecule has 0 unspecified atom stereocenters. The molecular formula is C16H15ClN2O5. The van der Waals surface area contributed by atoms with Gasteiger partial charge in [-0.05, 0) is 37.3 Å². The van der Waals surface area contributed by atoms with Crippen molar-refractivity contribution >= 4 is 28.9 Å². The number of nitro groups is 1. The SMILES string of the molecule is CCOc1ccc(Cl)cc1NC(=O)c1ccc(OC)c([N+](=O)[O-])c1. The number of ether oxygens (including phenoxy) is 2. The van der Waals surface area contributed by atoms with Crippen molar-refractivity contribution in [2.75, 3.05) is 19.0 Å². The highest BCUT2D eigenvalue weighted by atomic mass is 35.5. The number of nitro benzene ring substituents is 1. The zero-order chi connectivity index (χ0) is 17.7. The van der Waals surface area contributed by atoms with Gasteiger partial charge in [-0.1, -0.05) is 11.6 Å². The van der Waals surface area contributed by atoms with Gasteiger partial charge in [0.2, 0.25) is 0 Å². The minimum Gasteiger partial charge on any atom is -0.492 e. The van der Waals surface area contributed by atoms with E-state index in [1.54, 1.807) is 18.2 Å². The van der Waals surface area contributed by atoms with Gasteiger partial charge in [0.25, 0.3) is 5.91 Å². The molecule has 2 aromatic carbocycles. The van der Waals surface area contributed by atoms with Gasteiger partial charge in [-0.3, -0.25) is 14.9 Å². The van der Waals surface area contributed by atoms with Gasteiger partial charge < -0.3 is 14.8 Å². The first-order valence-electron chi connectivity index (χ1n) is 7.02. The Hall–Kier alpha value is -2.80. The van der Waals surface area contributed by atoms with Crippen LogP contribution in [0.25, 0.3) is 0 Å². The van der Waals surface area contributed by atoms with E-state index in [9.17, 15) is 14.9 Å². The van der Waals surface area contributed by atoms with Crippen LogP contribution in [0.1, 0.15) is 17.3 Å². The Morgan fingerprint density at radius 3 is 2.58 bits per heavy atom. The standard InChI is InChI=1S/C16H15ClN2O5/c1-3-24-14-7-5-11(17)9-12(14)18-16(20)10-4-6-15(23-2)13(8-10)19(21)22/h4-9H,3H2,1-2H3,(H,18,20). The Kier molecular flexibility index (Phi) is 5.59. The fourth-order valence-electron chi connectivity index (χ4n) is 2.05. The molecule has 0 heterocycles. The summed E-state index contributed by atoms with van der Waals surface area (Å²) in [5.74, 6) is 0.0107. The molecule has 24 heavy (non-hydrogen) atoms. The van der Waals surface area contributed by atoms with E-state index in [1.165, 1.54) is 19.2 Å². The van der Waals surface area contributed by atoms with Gasteiger partial charge in [-0.25, -0.2) is 0 Å². The Balaban J connectivity index is 2.32. The predicted molar refractivity (Wildman–Crippen MR) is 90.2 cm³/mol. The molecule has 126 valence electrons. The van der Waals surface area contributed by atoms with Gasteiger partial charge in [0.15, 0.2) is 5.75 Å². The van der Waals surface area contributed by atoms with Crippen LogP contribution in [0.15, 0.2) is 36.4 Å². The highest BCUT2D eigenvalue weighted by Crippen LogP contribution is 2.30. The molecule has 0 aliphatic carbocycles. The van der Waals surface area contributed by atoms with Crippen LogP contribution in [0, 0.1) is 10.1 Å². The Labute approximate surface area is 143 Å². The third kappa shape index (κ3) is 3.94. The number of nitrogens with one attached hydrogen (secondary N) is 1. The first-order chi connectivity index (χ1) is 11.5. The second-order valence-corrected chi connectivity index (χ2v) is 5.11. The Morgan fingerprint density at radius 2 is 1.96 bits per heavy atom. The molecule has 0 spiro atoms. The summed E-state index contributed by atoms with van der Waals surface area (Å²) in [5.41, 5.74) is 0.207. The minimum absolute atomic E-state index is 0.0781. The Bertz CT molecular complexity index is 779. The third-order valence-corrected chi connectivity index (χ3v) is 3.36. The van der Waals surface area contributed by atoms with Crippen molar-refractivity contribution in [3.63, 3.8) is 0 Å². The first kappa shape index (κ1) is 17.6. The number of hydrogen-bond acceptors (Lipinski definition) is 5. The van der Waals surface area contributed by atoms with Crippen LogP contribution in [0.5, 0.6) is 11.5 Å². The molecule has 0 saturated carbocycles. The zero-order valence-corrected chi connectivity index (χ0v) is 13.8. The lowest BCUT2D eigenvalue weighted by Gasteiger charge is -2.12. The average molecular weight is 351 g/mol. The normalized spacial score (nSPS) is 10.1. The van der Waals surface area contributed by atoms with E-state index in [0.29, 0.717) is 23.1 Å². The molecule has 8 heteroatoms. The molecule has 0 radical (unpaired) electrons. The lowest BCUT2D eigenvalue weighted by molar-refractivity contribution is -0.385. The summed E-state index contributed by atoms with van der Waals surface area (Å²) in [5, 5.41) is 14.1. The number of rotatable bonds is 6. The monoisotopic (exact) mass is 350 g/mol. The molecule has 0 bridgehead atoms. The van der Waals surface area contributed by atoms with Crippen LogP contribution < -0.4 is 14.8 Å². The van der Waals surface area contributed by atoms with Crippen molar-refractivity contribution in [3.8, 4) is 11.5 Å². The quantitative estimate of drug-likeness (QED) is 0.630. The lowest BCUT2D eigenvalue weighted by Crippen LogP contribution is -2.13. The number of anilines is 1. The Morgan fingerprint density at radius 1 is 1.25 bits per heavy atom. The van der Waals surface area contributed by atoms with E-state index in [-0.39, 0.29) is 17.0 Å². The smallest absolute Gasteiger partial charge is 0.311 e. The molecule has 0 saturated heterocycles. The van der Waals surface area contributed by atoms with Crippen LogP contribution in [0.2, 0.25) is 5.02 Å². The number of hydrogen-bond donors (Lipinski definition) is 1. The average Bonchev–Trinajstić information content (AvgIpc) is 2.56. The maximum atomic E-state index is 12.4. The number of nitrogens with zero attached hydrogens (tertiary/aromatic N) is 1. The summed E-state index contributed by atoms with van der Waals surface area (Å²) in [6.07, 6.45) is 0. The van der Waals surface area contributed by atoms with Crippen molar-refractivity contribution in [1.29, 1.82) is 0 Å². The van der Waals surface area contributed by atoms with Crippen molar-refractivity contribution in [3.05, 3.63) is 57.1 Å². The second kappa shape index (κ2) is 7.65. The molecule has 1 N–H and O–H groups in total. The number of carbonyl (C=O) groups is 1. The molecule has 7 nitrogen and oxygen atoms in total. The molecule has 0 aliphatic heterocycles. The fourth-order valence-corrected chi connectivity index (χ4v) is 2.22. The summed E-state index contributed by atoms with van der Waals surface area (Å²) in [4.78, 5) is 22.8. The molecule has 0 aromatic heterocycles. The maximum Gasteiger partial charge on any atom is 0.311 e. The van der Waals surface area contributed by atoms with Crippen molar-refractivity contribution in [1.82, 2.24) is 0 Å². The summed E-state index contributed by atoms with van der Waals surface area (Å²) < 4.78 is 10.3. The van der Waals surface area contributed by atoms with E-state index in [4.69, 9.17) is 21.1 Å². The van der Waals surface area contributed by atoms with Gasteiger partial charge in [-0.15, -0.1) is 0 Å². The van der Waals surface area contributed by atoms with Crippen LogP contribution >= 0.6 is 11.6 Å². The first-order valence-corrected chi connectivity index (χ1v) is 7.40. The van der Waals surface area contributed by atoms with E-state index >= 15 is 0 Å². The van der Waals surface area contributed by atoms with Crippen LogP contribution in [0.3, 0.4) is 0 Å². The number of halogens is 1. The van der Waals surface area contributed by atoms with Gasteiger partial charge in [0.1, 0.15) is 5.75 Å². The molecule has 2 aromatic rings. The number of methoxy groups -OCH3 is 1. The maximum absolute atomic E-state index is 12.4. The topological polar surface area (TPSA) is 90.7 Å². The highest BCUT2D eigenvalue weighted by molar-refractivity contribution is 6.31. The summed E-state index contributed by atoms with van der Waals surface area (Å²) >= 11 is 5.94. The van der Waals surface area contributed by atoms with E-state index < -0.39 is 10.8 Å². The largest absolute Gasteiger partial charge is 0.492 e. The predicted octanol–water partition coefficient (Wildman–Crippen LogP) is 3.91. The van der Waals surface area contributed by atoms with Gasteiger partial charge >= 0.3 is 5.69 Å². The van der Waals surface area contributed by atoms with Crippen LogP contribution in [0.4, 0.5) is 11.4 Å².